The number of unbranched alkanes of at least 4 members (excludes halogenated alkanes) is 28. The van der Waals surface area contributed by atoms with Gasteiger partial charge in [0.25, 0.3) is 0 Å². The van der Waals surface area contributed by atoms with Crippen LogP contribution in [-0.4, -0.2) is 11.8 Å². The zero-order chi connectivity index (χ0) is 38.7. The van der Waals surface area contributed by atoms with E-state index in [9.17, 15) is 14.4 Å². The van der Waals surface area contributed by atoms with Crippen LogP contribution in [0.3, 0.4) is 0 Å². The summed E-state index contributed by atoms with van der Waals surface area (Å²) in [4.78, 5) is 37.8. The van der Waals surface area contributed by atoms with Crippen LogP contribution in [0, 0.1) is 0 Å². The SMILES string of the molecule is CCCCCCCCCCCCCCCCCC(=O)Nc1ccc(-c2ccc(NC(=O)CCCCCCCCCCCCCCCCC)c(=O)cc2)cc1. The van der Waals surface area contributed by atoms with Crippen LogP contribution in [0.25, 0.3) is 11.1 Å². The molecule has 5 nitrogen and oxygen atoms in total. The molecule has 0 aromatic heterocycles. The second kappa shape index (κ2) is 33.4. The second-order valence-corrected chi connectivity index (χ2v) is 16.0. The molecular weight excluding hydrogens is 665 g/mol. The third kappa shape index (κ3) is 25.2. The van der Waals surface area contributed by atoms with Crippen molar-refractivity contribution in [3.8, 4) is 11.1 Å². The Morgan fingerprint density at radius 2 is 0.667 bits per heavy atom. The first-order valence-electron chi connectivity index (χ1n) is 22.9. The number of carbonyl (C=O) groups excluding carboxylic acids is 2. The van der Waals surface area contributed by atoms with Gasteiger partial charge in [-0.25, -0.2) is 0 Å². The molecule has 0 fully saturated rings. The zero-order valence-corrected chi connectivity index (χ0v) is 35.0. The Labute approximate surface area is 331 Å². The van der Waals surface area contributed by atoms with Crippen LogP contribution in [0.1, 0.15) is 219 Å². The van der Waals surface area contributed by atoms with Gasteiger partial charge in [0, 0.05) is 18.5 Å². The van der Waals surface area contributed by atoms with E-state index in [-0.39, 0.29) is 17.2 Å². The summed E-state index contributed by atoms with van der Waals surface area (Å²) in [6.07, 6.45) is 40.1. The van der Waals surface area contributed by atoms with Gasteiger partial charge < -0.3 is 10.6 Å². The number of nitrogens with one attached hydrogen (secondary N) is 2. The predicted molar refractivity (Wildman–Crippen MR) is 234 cm³/mol. The summed E-state index contributed by atoms with van der Waals surface area (Å²) < 4.78 is 0. The largest absolute Gasteiger partial charge is 0.326 e. The lowest BCUT2D eigenvalue weighted by atomic mass is 10.0. The Morgan fingerprint density at radius 3 is 1.04 bits per heavy atom. The molecule has 304 valence electrons. The summed E-state index contributed by atoms with van der Waals surface area (Å²) in [6.45, 7) is 4.55. The van der Waals surface area contributed by atoms with Gasteiger partial charge in [-0.05, 0) is 48.2 Å². The first-order chi connectivity index (χ1) is 26.5. The molecule has 0 spiro atoms. The average molecular weight is 745 g/mol. The molecule has 0 aliphatic rings. The molecule has 2 rings (SSSR count). The molecule has 0 saturated carbocycles. The van der Waals surface area contributed by atoms with Crippen LogP contribution >= 0.6 is 0 Å². The molecule has 2 aromatic rings. The van der Waals surface area contributed by atoms with Crippen LogP contribution in [0.4, 0.5) is 11.4 Å². The molecule has 0 aliphatic carbocycles. The molecule has 0 saturated heterocycles. The number of amides is 2. The van der Waals surface area contributed by atoms with E-state index < -0.39 is 0 Å². The summed E-state index contributed by atoms with van der Waals surface area (Å²) in [7, 11) is 0. The van der Waals surface area contributed by atoms with Crippen molar-refractivity contribution in [3.63, 3.8) is 0 Å². The first-order valence-corrected chi connectivity index (χ1v) is 22.9. The molecule has 5 heteroatoms. The molecular formula is C49H80N2O3. The van der Waals surface area contributed by atoms with E-state index in [4.69, 9.17) is 0 Å². The van der Waals surface area contributed by atoms with Gasteiger partial charge >= 0.3 is 0 Å². The fourth-order valence-corrected chi connectivity index (χ4v) is 7.36. The van der Waals surface area contributed by atoms with Gasteiger partial charge in [0.15, 0.2) is 0 Å². The Morgan fingerprint density at radius 1 is 0.370 bits per heavy atom. The summed E-state index contributed by atoms with van der Waals surface area (Å²) in [5.41, 5.74) is 2.72. The maximum atomic E-state index is 12.7. The Bertz CT molecular complexity index is 1270. The third-order valence-corrected chi connectivity index (χ3v) is 10.9. The number of benzene rings is 1. The lowest BCUT2D eigenvalue weighted by Crippen LogP contribution is -2.16. The third-order valence-electron chi connectivity index (χ3n) is 10.9. The van der Waals surface area contributed by atoms with Crippen LogP contribution in [0.15, 0.2) is 53.3 Å². The number of hydrogen-bond acceptors (Lipinski definition) is 3. The standard InChI is InChI=1S/C49H80N2O3/c1-3-5-7-9-11-13-15-17-19-21-23-25-27-29-31-33-48(53)50-45-39-35-43(36-40-45)44-37-41-46(47(52)42-38-44)51-49(54)34-32-30-28-26-24-22-20-18-16-14-12-10-8-6-4-2/h35-42H,3-34H2,1-2H3,(H,50,53)(H,51,52,54). The van der Waals surface area contributed by atoms with E-state index in [2.05, 4.69) is 24.5 Å². The van der Waals surface area contributed by atoms with E-state index in [0.717, 1.165) is 42.5 Å². The molecule has 0 heterocycles. The predicted octanol–water partition coefficient (Wildman–Crippen LogP) is 15.1. The van der Waals surface area contributed by atoms with Gasteiger partial charge in [0.1, 0.15) is 0 Å². The topological polar surface area (TPSA) is 75.3 Å². The summed E-state index contributed by atoms with van der Waals surface area (Å²) in [5.74, 6) is -0.0386. The quantitative estimate of drug-likeness (QED) is 0.0690. The number of anilines is 2. The molecule has 0 atom stereocenters. The van der Waals surface area contributed by atoms with Crippen molar-refractivity contribution in [2.75, 3.05) is 10.6 Å². The minimum atomic E-state index is -0.200. The molecule has 0 unspecified atom stereocenters. The lowest BCUT2D eigenvalue weighted by Gasteiger charge is -2.07. The number of rotatable bonds is 35. The maximum absolute atomic E-state index is 12.7. The summed E-state index contributed by atoms with van der Waals surface area (Å²) in [5, 5.41) is 5.87. The van der Waals surface area contributed by atoms with E-state index >= 15 is 0 Å². The molecule has 2 N–H and O–H groups in total. The first kappa shape index (κ1) is 47.2. The van der Waals surface area contributed by atoms with Gasteiger partial charge in [-0.15, -0.1) is 0 Å². The molecule has 2 aromatic carbocycles. The maximum Gasteiger partial charge on any atom is 0.224 e. The molecule has 0 aliphatic heterocycles. The van der Waals surface area contributed by atoms with Crippen LogP contribution in [0.2, 0.25) is 0 Å². The van der Waals surface area contributed by atoms with Crippen LogP contribution < -0.4 is 16.1 Å². The van der Waals surface area contributed by atoms with Crippen molar-refractivity contribution >= 4 is 23.2 Å². The molecule has 2 amide bonds. The van der Waals surface area contributed by atoms with Crippen LogP contribution in [0.5, 0.6) is 0 Å². The fraction of sp³-hybridized carbons (Fsp3) is 0.694. The average Bonchev–Trinajstić information content (AvgIpc) is 3.35. The van der Waals surface area contributed by atoms with Gasteiger partial charge in [0.05, 0.1) is 5.69 Å². The highest BCUT2D eigenvalue weighted by molar-refractivity contribution is 5.91. The van der Waals surface area contributed by atoms with Gasteiger partial charge in [-0.3, -0.25) is 14.4 Å². The number of carbonyl (C=O) groups is 2. The minimum absolute atomic E-state index is 0.0595. The Balaban J connectivity index is 1.54. The van der Waals surface area contributed by atoms with E-state index in [0.29, 0.717) is 18.5 Å². The highest BCUT2D eigenvalue weighted by Gasteiger charge is 2.07. The van der Waals surface area contributed by atoms with Crippen molar-refractivity contribution in [1.29, 1.82) is 0 Å². The summed E-state index contributed by atoms with van der Waals surface area (Å²) >= 11 is 0. The molecule has 0 bridgehead atoms. The van der Waals surface area contributed by atoms with Crippen LogP contribution in [-0.2, 0) is 9.59 Å². The fourth-order valence-electron chi connectivity index (χ4n) is 7.36. The second-order valence-electron chi connectivity index (χ2n) is 16.0. The highest BCUT2D eigenvalue weighted by Crippen LogP contribution is 2.22. The van der Waals surface area contributed by atoms with Crippen molar-refractivity contribution < 1.29 is 9.59 Å². The Kier molecular flexibility index (Phi) is 29.2. The monoisotopic (exact) mass is 745 g/mol. The van der Waals surface area contributed by atoms with Gasteiger partial charge in [0.2, 0.25) is 17.2 Å². The van der Waals surface area contributed by atoms with E-state index in [1.165, 1.54) is 173 Å². The van der Waals surface area contributed by atoms with E-state index in [1.54, 1.807) is 12.1 Å². The number of hydrogen-bond donors (Lipinski definition) is 2. The van der Waals surface area contributed by atoms with Crippen molar-refractivity contribution in [3.05, 3.63) is 58.8 Å². The highest BCUT2D eigenvalue weighted by atomic mass is 16.2. The summed E-state index contributed by atoms with van der Waals surface area (Å²) in [6, 6.07) is 14.6. The zero-order valence-electron chi connectivity index (χ0n) is 35.0. The van der Waals surface area contributed by atoms with Crippen molar-refractivity contribution in [2.24, 2.45) is 0 Å². The van der Waals surface area contributed by atoms with Gasteiger partial charge in [-0.2, -0.15) is 0 Å². The lowest BCUT2D eigenvalue weighted by molar-refractivity contribution is -0.117. The molecule has 0 radical (unpaired) electrons. The van der Waals surface area contributed by atoms with Crippen molar-refractivity contribution in [1.82, 2.24) is 0 Å². The minimum Gasteiger partial charge on any atom is -0.326 e. The van der Waals surface area contributed by atoms with E-state index in [1.807, 2.05) is 30.3 Å². The van der Waals surface area contributed by atoms with Gasteiger partial charge in [-0.1, -0.05) is 218 Å². The molecule has 54 heavy (non-hydrogen) atoms. The van der Waals surface area contributed by atoms with Crippen molar-refractivity contribution in [2.45, 2.75) is 219 Å². The smallest absolute Gasteiger partial charge is 0.224 e. The normalized spacial score (nSPS) is 11.1. The Hall–Kier alpha value is -2.95.